The van der Waals surface area contributed by atoms with Crippen molar-refractivity contribution in [3.63, 3.8) is 0 Å². The van der Waals surface area contributed by atoms with E-state index in [-0.39, 0.29) is 36.1 Å². The van der Waals surface area contributed by atoms with Crippen LogP contribution in [0.4, 0.5) is 0 Å². The maximum Gasteiger partial charge on any atom is 0.150 e. The summed E-state index contributed by atoms with van der Waals surface area (Å²) in [6.07, 6.45) is 2.50. The van der Waals surface area contributed by atoms with E-state index in [9.17, 15) is 0 Å². The third-order valence-corrected chi connectivity index (χ3v) is 3.47. The molecule has 0 amide bonds. The molecule has 0 saturated heterocycles. The van der Waals surface area contributed by atoms with Crippen molar-refractivity contribution in [2.24, 2.45) is 0 Å². The molecule has 0 fully saturated rings. The van der Waals surface area contributed by atoms with Crippen molar-refractivity contribution >= 4 is 0 Å². The summed E-state index contributed by atoms with van der Waals surface area (Å²) < 4.78 is 23.7. The molecule has 0 aromatic carbocycles. The zero-order valence-corrected chi connectivity index (χ0v) is 15.7. The average molecular weight is 330 g/mol. The zero-order valence-electron chi connectivity index (χ0n) is 15.7. The molecule has 0 saturated carbocycles. The molecule has 1 aliphatic heterocycles. The Bertz CT molecular complexity index is 378. The third-order valence-electron chi connectivity index (χ3n) is 3.47. The molecule has 5 heteroatoms. The van der Waals surface area contributed by atoms with Gasteiger partial charge in [0.05, 0.1) is 24.1 Å². The van der Waals surface area contributed by atoms with E-state index < -0.39 is 0 Å². The summed E-state index contributed by atoms with van der Waals surface area (Å²) >= 11 is 0. The van der Waals surface area contributed by atoms with Crippen LogP contribution in [0, 0.1) is 0 Å². The number of aliphatic hydroxyl groups excluding tert-OH is 1. The molecule has 5 nitrogen and oxygen atoms in total. The first kappa shape index (κ1) is 20.4. The number of ether oxygens (including phenoxy) is 4. The molecule has 0 unspecified atom stereocenters. The van der Waals surface area contributed by atoms with Gasteiger partial charge >= 0.3 is 0 Å². The Balaban J connectivity index is 2.92. The first-order chi connectivity index (χ1) is 10.6. The van der Waals surface area contributed by atoms with Gasteiger partial charge < -0.3 is 24.1 Å². The van der Waals surface area contributed by atoms with Crippen LogP contribution in [0.3, 0.4) is 0 Å². The highest BCUT2D eigenvalue weighted by atomic mass is 16.6. The molecule has 1 aliphatic rings. The van der Waals surface area contributed by atoms with Gasteiger partial charge in [-0.25, -0.2) is 0 Å². The number of hydrogen-bond acceptors (Lipinski definition) is 5. The molecule has 1 N–H and O–H groups in total. The van der Waals surface area contributed by atoms with Crippen molar-refractivity contribution in [1.82, 2.24) is 0 Å². The van der Waals surface area contributed by atoms with Crippen LogP contribution in [0.1, 0.15) is 54.4 Å². The number of aliphatic hydroxyl groups is 1. The lowest BCUT2D eigenvalue weighted by Gasteiger charge is -2.41. The topological polar surface area (TPSA) is 57.2 Å². The van der Waals surface area contributed by atoms with Gasteiger partial charge in [0.15, 0.2) is 0 Å². The lowest BCUT2D eigenvalue weighted by atomic mass is 9.94. The molecule has 0 bridgehead atoms. The van der Waals surface area contributed by atoms with E-state index in [0.29, 0.717) is 13.0 Å². The smallest absolute Gasteiger partial charge is 0.150 e. The zero-order chi connectivity index (χ0) is 17.7. The van der Waals surface area contributed by atoms with Gasteiger partial charge in [-0.05, 0) is 60.0 Å². The monoisotopic (exact) mass is 330 g/mol. The Morgan fingerprint density at radius 1 is 1.13 bits per heavy atom. The van der Waals surface area contributed by atoms with Gasteiger partial charge in [-0.3, -0.25) is 0 Å². The van der Waals surface area contributed by atoms with Gasteiger partial charge in [0, 0.05) is 13.7 Å². The summed E-state index contributed by atoms with van der Waals surface area (Å²) in [6.45, 7) is 12.7. The van der Waals surface area contributed by atoms with Crippen LogP contribution in [0.2, 0.25) is 0 Å². The summed E-state index contributed by atoms with van der Waals surface area (Å²) in [7, 11) is 1.68. The SMILES string of the molecule is CO[C@@H]1C(CCCO)=CO[C@H](COC(C)(C)C)[C@H]1OC(C)(C)C. The van der Waals surface area contributed by atoms with Crippen LogP contribution in [-0.2, 0) is 18.9 Å². The highest BCUT2D eigenvalue weighted by Gasteiger charge is 2.40. The molecule has 0 radical (unpaired) electrons. The van der Waals surface area contributed by atoms with Crippen LogP contribution in [0.25, 0.3) is 0 Å². The molecule has 0 aromatic heterocycles. The molecule has 1 rings (SSSR count). The summed E-state index contributed by atoms with van der Waals surface area (Å²) in [6, 6.07) is 0. The van der Waals surface area contributed by atoms with Gasteiger partial charge in [0.2, 0.25) is 0 Å². The molecule has 23 heavy (non-hydrogen) atoms. The number of rotatable bonds is 7. The Morgan fingerprint density at radius 2 is 1.78 bits per heavy atom. The maximum atomic E-state index is 9.07. The van der Waals surface area contributed by atoms with Crippen LogP contribution in [0.5, 0.6) is 0 Å². The molecular weight excluding hydrogens is 296 g/mol. The summed E-state index contributed by atoms with van der Waals surface area (Å²) in [5, 5.41) is 9.07. The third kappa shape index (κ3) is 7.21. The van der Waals surface area contributed by atoms with Crippen molar-refractivity contribution in [3.05, 3.63) is 11.8 Å². The Hall–Kier alpha value is -0.620. The molecule has 136 valence electrons. The molecule has 0 aromatic rings. The summed E-state index contributed by atoms with van der Waals surface area (Å²) in [4.78, 5) is 0. The van der Waals surface area contributed by atoms with Crippen molar-refractivity contribution in [1.29, 1.82) is 0 Å². The predicted octanol–water partition coefficient (Wildman–Crippen LogP) is 3.06. The summed E-state index contributed by atoms with van der Waals surface area (Å²) in [5.41, 5.74) is 0.464. The van der Waals surface area contributed by atoms with Gasteiger partial charge in [0.1, 0.15) is 18.3 Å². The van der Waals surface area contributed by atoms with E-state index in [1.54, 1.807) is 13.4 Å². The fourth-order valence-corrected chi connectivity index (χ4v) is 2.51. The molecular formula is C18H34O5. The van der Waals surface area contributed by atoms with Gasteiger partial charge in [-0.2, -0.15) is 0 Å². The van der Waals surface area contributed by atoms with Crippen LogP contribution < -0.4 is 0 Å². The Kier molecular flexibility index (Phi) is 7.52. The molecule has 1 heterocycles. The van der Waals surface area contributed by atoms with Crippen LogP contribution >= 0.6 is 0 Å². The average Bonchev–Trinajstić information content (AvgIpc) is 2.41. The minimum absolute atomic E-state index is 0.148. The highest BCUT2D eigenvalue weighted by Crippen LogP contribution is 2.30. The fraction of sp³-hybridized carbons (Fsp3) is 0.889. The molecule has 3 atom stereocenters. The van der Waals surface area contributed by atoms with E-state index in [0.717, 1.165) is 12.0 Å². The Labute approximate surface area is 140 Å². The van der Waals surface area contributed by atoms with Crippen LogP contribution in [0.15, 0.2) is 11.8 Å². The summed E-state index contributed by atoms with van der Waals surface area (Å²) in [5.74, 6) is 0. The van der Waals surface area contributed by atoms with E-state index >= 15 is 0 Å². The minimum atomic E-state index is -0.315. The first-order valence-corrected chi connectivity index (χ1v) is 8.37. The minimum Gasteiger partial charge on any atom is -0.493 e. The molecule has 0 aliphatic carbocycles. The quantitative estimate of drug-likeness (QED) is 0.777. The van der Waals surface area contributed by atoms with Crippen molar-refractivity contribution in [2.75, 3.05) is 20.3 Å². The Morgan fingerprint density at radius 3 is 2.26 bits per heavy atom. The van der Waals surface area contributed by atoms with Crippen molar-refractivity contribution in [2.45, 2.75) is 83.9 Å². The van der Waals surface area contributed by atoms with Gasteiger partial charge in [-0.1, -0.05) is 0 Å². The first-order valence-electron chi connectivity index (χ1n) is 8.37. The highest BCUT2D eigenvalue weighted by molar-refractivity contribution is 5.13. The van der Waals surface area contributed by atoms with Crippen molar-refractivity contribution in [3.8, 4) is 0 Å². The van der Waals surface area contributed by atoms with Crippen molar-refractivity contribution < 1.29 is 24.1 Å². The van der Waals surface area contributed by atoms with E-state index in [2.05, 4.69) is 0 Å². The number of methoxy groups -OCH3 is 1. The second-order valence-electron chi connectivity index (χ2n) is 7.97. The lowest BCUT2D eigenvalue weighted by molar-refractivity contribution is -0.185. The van der Waals surface area contributed by atoms with E-state index in [4.69, 9.17) is 24.1 Å². The second-order valence-corrected chi connectivity index (χ2v) is 7.97. The van der Waals surface area contributed by atoms with E-state index in [1.165, 1.54) is 0 Å². The van der Waals surface area contributed by atoms with Gasteiger partial charge in [0.25, 0.3) is 0 Å². The molecule has 0 spiro atoms. The van der Waals surface area contributed by atoms with Gasteiger partial charge in [-0.15, -0.1) is 0 Å². The fourth-order valence-electron chi connectivity index (χ4n) is 2.51. The van der Waals surface area contributed by atoms with Crippen LogP contribution in [-0.4, -0.2) is 54.9 Å². The normalized spacial score (nSPS) is 25.9. The second kappa shape index (κ2) is 8.47. The standard InChI is InChI=1S/C18H34O5/c1-17(2,3)22-12-14-16(23-18(4,5)6)15(20-7)13(11-21-14)9-8-10-19/h11,14-16,19H,8-10,12H2,1-7H3/t14-,15-,16-/m1/s1. The van der Waals surface area contributed by atoms with E-state index in [1.807, 2.05) is 41.5 Å². The predicted molar refractivity (Wildman–Crippen MR) is 90.4 cm³/mol. The maximum absolute atomic E-state index is 9.07. The number of hydrogen-bond donors (Lipinski definition) is 1. The lowest BCUT2D eigenvalue weighted by Crippen LogP contribution is -2.51. The largest absolute Gasteiger partial charge is 0.493 e.